The Morgan fingerprint density at radius 3 is 2.61 bits per heavy atom. The quantitative estimate of drug-likeness (QED) is 0.331. The van der Waals surface area contributed by atoms with Crippen molar-refractivity contribution in [3.63, 3.8) is 0 Å². The van der Waals surface area contributed by atoms with Gasteiger partial charge in [-0.25, -0.2) is 9.78 Å². The van der Waals surface area contributed by atoms with Gasteiger partial charge in [0.25, 0.3) is 0 Å². The first-order chi connectivity index (χ1) is 15.9. The molecule has 166 valence electrons. The Labute approximate surface area is 199 Å². The molecule has 0 saturated heterocycles. The third-order valence-electron chi connectivity index (χ3n) is 5.75. The zero-order chi connectivity index (χ0) is 23.3. The van der Waals surface area contributed by atoms with Crippen molar-refractivity contribution >= 4 is 46.5 Å². The number of ether oxygens (including phenoxy) is 2. The Hall–Kier alpha value is -3.42. The van der Waals surface area contributed by atoms with Gasteiger partial charge in [0, 0.05) is 16.8 Å². The number of benzene rings is 2. The lowest BCUT2D eigenvalue weighted by atomic mass is 9.68. The number of nitrogens with one attached hydrogen (secondary N) is 1. The Morgan fingerprint density at radius 2 is 1.88 bits per heavy atom. The number of hydrogen-bond donors (Lipinski definition) is 1. The van der Waals surface area contributed by atoms with Crippen molar-refractivity contribution in [2.24, 2.45) is 0 Å². The van der Waals surface area contributed by atoms with Crippen molar-refractivity contribution in [1.82, 2.24) is 9.97 Å². The summed E-state index contributed by atoms with van der Waals surface area (Å²) in [7, 11) is 0. The van der Waals surface area contributed by atoms with Gasteiger partial charge >= 0.3 is 5.97 Å². The third kappa shape index (κ3) is 3.03. The molecule has 2 aliphatic heterocycles. The second-order valence-electron chi connectivity index (χ2n) is 7.56. The number of fused-ring (bicyclic) bond motifs is 4. The Bertz CT molecular complexity index is 1360. The number of aryl methyl sites for hydroxylation is 1. The number of nitrogens with zero attached hydrogens (tertiary/aromatic N) is 2. The highest BCUT2D eigenvalue weighted by molar-refractivity contribution is 6.34. The summed E-state index contributed by atoms with van der Waals surface area (Å²) in [5, 5.41) is 2.68. The molecule has 3 heterocycles. The molecule has 1 unspecified atom stereocenters. The fraction of sp³-hybridized carbons (Fsp3) is 0.167. The molecule has 1 N–H and O–H groups in total. The van der Waals surface area contributed by atoms with Crippen LogP contribution in [0, 0.1) is 6.92 Å². The van der Waals surface area contributed by atoms with E-state index in [0.29, 0.717) is 16.8 Å². The molecule has 1 spiro atoms. The first kappa shape index (κ1) is 21.4. The molecular weight excluding hydrogens is 465 g/mol. The molecule has 7 nitrogen and oxygen atoms in total. The number of aromatic nitrogens is 2. The van der Waals surface area contributed by atoms with E-state index >= 15 is 0 Å². The maximum Gasteiger partial charge on any atom is 0.339 e. The predicted molar refractivity (Wildman–Crippen MR) is 123 cm³/mol. The summed E-state index contributed by atoms with van der Waals surface area (Å²) in [5.41, 5.74) is 0.924. The first-order valence-corrected chi connectivity index (χ1v) is 10.9. The Morgan fingerprint density at radius 1 is 1.12 bits per heavy atom. The molecule has 2 aliphatic rings. The minimum Gasteiger partial charge on any atom is -0.462 e. The number of amides is 1. The topological polar surface area (TPSA) is 90.4 Å². The number of hydrogen-bond acceptors (Lipinski definition) is 6. The van der Waals surface area contributed by atoms with E-state index in [0.717, 1.165) is 5.56 Å². The van der Waals surface area contributed by atoms with Crippen LogP contribution < -0.4 is 10.1 Å². The molecule has 5 rings (SSSR count). The normalized spacial score (nSPS) is 18.5. The van der Waals surface area contributed by atoms with Crippen molar-refractivity contribution in [2.75, 3.05) is 11.9 Å². The number of rotatable bonds is 3. The highest BCUT2D eigenvalue weighted by Crippen LogP contribution is 2.57. The zero-order valence-electron chi connectivity index (χ0n) is 17.6. The van der Waals surface area contributed by atoms with E-state index in [1.807, 2.05) is 19.1 Å². The van der Waals surface area contributed by atoms with Gasteiger partial charge in [0.05, 0.1) is 12.2 Å². The highest BCUT2D eigenvalue weighted by atomic mass is 35.5. The van der Waals surface area contributed by atoms with Gasteiger partial charge in [-0.3, -0.25) is 4.79 Å². The molecule has 0 fully saturated rings. The van der Waals surface area contributed by atoms with Crippen LogP contribution in [-0.2, 0) is 19.7 Å². The standard InChI is InChI=1S/C24H17Cl2N3O4/c1-3-32-21(30)15-18(13-9-5-4-6-10-13)33-20-16(19(25)28-23(26)29-20)24(15)14-11-7-8-12(2)17(14)27-22(24)31/h4-11H,3H2,1-2H3,(H,27,31). The molecule has 33 heavy (non-hydrogen) atoms. The van der Waals surface area contributed by atoms with Crippen LogP contribution in [0.25, 0.3) is 5.76 Å². The van der Waals surface area contributed by atoms with E-state index < -0.39 is 17.3 Å². The molecular formula is C24H17Cl2N3O4. The molecule has 2 aromatic carbocycles. The summed E-state index contributed by atoms with van der Waals surface area (Å²) in [6.45, 7) is 3.65. The summed E-state index contributed by atoms with van der Waals surface area (Å²) < 4.78 is 11.5. The number of halogens is 2. The van der Waals surface area contributed by atoms with Crippen LogP contribution in [0.5, 0.6) is 5.88 Å². The SMILES string of the molecule is CCOC(=O)C1=C(c2ccccc2)Oc2nc(Cl)nc(Cl)c2C12C(=O)Nc1c(C)cccc12. The van der Waals surface area contributed by atoms with Crippen LogP contribution in [0.4, 0.5) is 5.69 Å². The van der Waals surface area contributed by atoms with Gasteiger partial charge in [-0.2, -0.15) is 4.98 Å². The van der Waals surface area contributed by atoms with Crippen molar-refractivity contribution in [3.8, 4) is 5.88 Å². The molecule has 3 aromatic rings. The summed E-state index contributed by atoms with van der Waals surface area (Å²) in [4.78, 5) is 35.7. The second-order valence-corrected chi connectivity index (χ2v) is 8.25. The van der Waals surface area contributed by atoms with Crippen LogP contribution in [0.15, 0.2) is 54.1 Å². The molecule has 1 atom stereocenters. The number of esters is 1. The van der Waals surface area contributed by atoms with E-state index in [-0.39, 0.29) is 39.8 Å². The smallest absolute Gasteiger partial charge is 0.339 e. The maximum absolute atomic E-state index is 13.9. The monoisotopic (exact) mass is 481 g/mol. The van der Waals surface area contributed by atoms with E-state index in [2.05, 4.69) is 15.3 Å². The second kappa shape index (κ2) is 7.86. The average molecular weight is 482 g/mol. The van der Waals surface area contributed by atoms with Gasteiger partial charge in [-0.15, -0.1) is 0 Å². The summed E-state index contributed by atoms with van der Waals surface area (Å²) in [6.07, 6.45) is 0. The minimum absolute atomic E-state index is 0.00211. The first-order valence-electron chi connectivity index (χ1n) is 10.2. The Balaban J connectivity index is 1.97. The lowest BCUT2D eigenvalue weighted by molar-refractivity contribution is -0.140. The van der Waals surface area contributed by atoms with Gasteiger partial charge < -0.3 is 14.8 Å². The molecule has 1 amide bonds. The average Bonchev–Trinajstić information content (AvgIpc) is 3.07. The minimum atomic E-state index is -1.70. The largest absolute Gasteiger partial charge is 0.462 e. The Kier molecular flexibility index (Phi) is 5.11. The third-order valence-corrected chi connectivity index (χ3v) is 6.19. The number of carbonyl (C=O) groups is 2. The molecule has 0 radical (unpaired) electrons. The van der Waals surface area contributed by atoms with Crippen LogP contribution in [-0.4, -0.2) is 28.5 Å². The molecule has 9 heteroatoms. The van der Waals surface area contributed by atoms with E-state index in [1.165, 1.54) is 0 Å². The fourth-order valence-electron chi connectivity index (χ4n) is 4.44. The van der Waals surface area contributed by atoms with Crippen molar-refractivity contribution < 1.29 is 19.1 Å². The van der Waals surface area contributed by atoms with Crippen molar-refractivity contribution in [1.29, 1.82) is 0 Å². The van der Waals surface area contributed by atoms with E-state index in [9.17, 15) is 9.59 Å². The van der Waals surface area contributed by atoms with Gasteiger partial charge in [0.2, 0.25) is 17.1 Å². The van der Waals surface area contributed by atoms with E-state index in [1.54, 1.807) is 43.3 Å². The van der Waals surface area contributed by atoms with Crippen LogP contribution in [0.3, 0.4) is 0 Å². The summed E-state index contributed by atoms with van der Waals surface area (Å²) >= 11 is 12.6. The number of para-hydroxylation sites is 1. The highest BCUT2D eigenvalue weighted by Gasteiger charge is 2.61. The van der Waals surface area contributed by atoms with Crippen LogP contribution >= 0.6 is 23.2 Å². The van der Waals surface area contributed by atoms with Crippen molar-refractivity contribution in [3.05, 3.63) is 86.8 Å². The van der Waals surface area contributed by atoms with Crippen LogP contribution in [0.2, 0.25) is 10.4 Å². The molecule has 0 aliphatic carbocycles. The molecule has 0 saturated carbocycles. The molecule has 0 bridgehead atoms. The summed E-state index contributed by atoms with van der Waals surface area (Å²) in [6, 6.07) is 14.4. The number of carbonyl (C=O) groups excluding carboxylic acids is 2. The maximum atomic E-state index is 13.9. The zero-order valence-corrected chi connectivity index (χ0v) is 19.1. The lowest BCUT2D eigenvalue weighted by Crippen LogP contribution is -2.45. The van der Waals surface area contributed by atoms with Gasteiger partial charge in [0.1, 0.15) is 21.9 Å². The fourth-order valence-corrected chi connectivity index (χ4v) is 4.94. The lowest BCUT2D eigenvalue weighted by Gasteiger charge is -2.36. The van der Waals surface area contributed by atoms with Crippen LogP contribution in [0.1, 0.15) is 29.2 Å². The summed E-state index contributed by atoms with van der Waals surface area (Å²) in [5.74, 6) is -1.06. The number of anilines is 1. The predicted octanol–water partition coefficient (Wildman–Crippen LogP) is 4.70. The van der Waals surface area contributed by atoms with E-state index in [4.69, 9.17) is 32.7 Å². The van der Waals surface area contributed by atoms with Gasteiger partial charge in [0.15, 0.2) is 0 Å². The van der Waals surface area contributed by atoms with Crippen molar-refractivity contribution in [2.45, 2.75) is 19.3 Å². The molecule has 1 aromatic heterocycles. The van der Waals surface area contributed by atoms with Gasteiger partial charge in [-0.05, 0) is 31.0 Å². The van der Waals surface area contributed by atoms with Gasteiger partial charge in [-0.1, -0.05) is 60.1 Å².